The van der Waals surface area contributed by atoms with Gasteiger partial charge in [0.2, 0.25) is 0 Å². The van der Waals surface area contributed by atoms with Gasteiger partial charge in [-0.25, -0.2) is 4.79 Å². The van der Waals surface area contributed by atoms with Gasteiger partial charge in [-0.3, -0.25) is 0 Å². The van der Waals surface area contributed by atoms with Crippen LogP contribution in [0.2, 0.25) is 0 Å². The van der Waals surface area contributed by atoms with Crippen LogP contribution < -0.4 is 0 Å². The van der Waals surface area contributed by atoms with Gasteiger partial charge in [0.15, 0.2) is 0 Å². The van der Waals surface area contributed by atoms with Gasteiger partial charge in [0, 0.05) is 13.0 Å². The van der Waals surface area contributed by atoms with Gasteiger partial charge in [-0.2, -0.15) is 0 Å². The zero-order valence-corrected chi connectivity index (χ0v) is 15.6. The van der Waals surface area contributed by atoms with Gasteiger partial charge in [0.1, 0.15) is 11.7 Å². The van der Waals surface area contributed by atoms with Gasteiger partial charge in [0.05, 0.1) is 6.61 Å². The summed E-state index contributed by atoms with van der Waals surface area (Å²) in [4.78, 5) is 11.3. The van der Waals surface area contributed by atoms with E-state index >= 15 is 0 Å². The lowest BCUT2D eigenvalue weighted by Gasteiger charge is -2.22. The molecule has 0 fully saturated rings. The molecule has 1 atom stereocenters. The fourth-order valence-corrected chi connectivity index (χ4v) is 2.14. The smallest absolute Gasteiger partial charge is 0.330 e. The van der Waals surface area contributed by atoms with Crippen LogP contribution in [-0.4, -0.2) is 18.2 Å². The standard InChI is InChI=1S/C20H32O3/c1-7-15-23-20(5,6)14-10-13-17(3)11-9-12-18(4)16-19(21)22-8-2/h9,12,16-17H,8,10-11,13-14H2,1-6H3/b12-9+,18-16+. The van der Waals surface area contributed by atoms with Gasteiger partial charge in [-0.15, -0.1) is 0 Å². The molecule has 0 saturated carbocycles. The van der Waals surface area contributed by atoms with Crippen molar-refractivity contribution >= 4 is 5.97 Å². The Balaban J connectivity index is 4.06. The zero-order chi connectivity index (χ0) is 17.7. The van der Waals surface area contributed by atoms with Crippen LogP contribution in [0.4, 0.5) is 0 Å². The van der Waals surface area contributed by atoms with Crippen LogP contribution in [0.15, 0.2) is 23.8 Å². The van der Waals surface area contributed by atoms with Crippen LogP contribution in [0.5, 0.6) is 0 Å². The molecular weight excluding hydrogens is 288 g/mol. The molecule has 0 N–H and O–H groups in total. The van der Waals surface area contributed by atoms with Crippen molar-refractivity contribution in [2.75, 3.05) is 6.61 Å². The monoisotopic (exact) mass is 320 g/mol. The highest BCUT2D eigenvalue weighted by Crippen LogP contribution is 2.21. The van der Waals surface area contributed by atoms with Gasteiger partial charge >= 0.3 is 5.97 Å². The molecule has 0 aliphatic heterocycles. The van der Waals surface area contributed by atoms with Crippen LogP contribution in [0.1, 0.15) is 67.2 Å². The second-order valence-electron chi connectivity index (χ2n) is 6.49. The van der Waals surface area contributed by atoms with E-state index in [9.17, 15) is 4.79 Å². The maximum absolute atomic E-state index is 11.3. The number of hydrogen-bond donors (Lipinski definition) is 0. The lowest BCUT2D eigenvalue weighted by Crippen LogP contribution is -2.22. The van der Waals surface area contributed by atoms with E-state index in [4.69, 9.17) is 9.47 Å². The second kappa shape index (κ2) is 11.8. The molecule has 0 heterocycles. The van der Waals surface area contributed by atoms with E-state index in [0.29, 0.717) is 12.5 Å². The number of carbonyl (C=O) groups is 1. The third-order valence-electron chi connectivity index (χ3n) is 3.46. The molecule has 0 bridgehead atoms. The Morgan fingerprint density at radius 2 is 2.04 bits per heavy atom. The quantitative estimate of drug-likeness (QED) is 0.245. The Bertz CT molecular complexity index is 461. The van der Waals surface area contributed by atoms with Gasteiger partial charge in [0.25, 0.3) is 0 Å². The average Bonchev–Trinajstić information content (AvgIpc) is 2.45. The van der Waals surface area contributed by atoms with Gasteiger partial charge in [-0.05, 0) is 58.4 Å². The van der Waals surface area contributed by atoms with Crippen LogP contribution >= 0.6 is 0 Å². The Hall–Kier alpha value is -1.69. The Morgan fingerprint density at radius 3 is 2.65 bits per heavy atom. The topological polar surface area (TPSA) is 35.5 Å². The molecule has 0 aromatic carbocycles. The van der Waals surface area contributed by atoms with Crippen molar-refractivity contribution in [2.45, 2.75) is 72.8 Å². The molecular formula is C20H32O3. The second-order valence-corrected chi connectivity index (χ2v) is 6.49. The number of hydrogen-bond acceptors (Lipinski definition) is 3. The van der Waals surface area contributed by atoms with E-state index in [1.165, 1.54) is 6.08 Å². The first-order valence-electron chi connectivity index (χ1n) is 8.42. The van der Waals surface area contributed by atoms with E-state index < -0.39 is 0 Å². The van der Waals surface area contributed by atoms with Crippen LogP contribution in [-0.2, 0) is 14.3 Å². The normalized spacial score (nSPS) is 13.4. The molecule has 23 heavy (non-hydrogen) atoms. The van der Waals surface area contributed by atoms with Crippen molar-refractivity contribution in [3.8, 4) is 12.0 Å². The summed E-state index contributed by atoms with van der Waals surface area (Å²) in [6, 6.07) is 0. The van der Waals surface area contributed by atoms with E-state index in [1.807, 2.05) is 13.0 Å². The molecule has 0 rings (SSSR count). The van der Waals surface area contributed by atoms with E-state index in [2.05, 4.69) is 38.9 Å². The van der Waals surface area contributed by atoms with Gasteiger partial charge in [-0.1, -0.05) is 31.4 Å². The Labute approximate surface area is 142 Å². The molecule has 0 amide bonds. The minimum absolute atomic E-state index is 0.183. The maximum Gasteiger partial charge on any atom is 0.330 e. The molecule has 1 unspecified atom stereocenters. The summed E-state index contributed by atoms with van der Waals surface area (Å²) < 4.78 is 10.4. The SMILES string of the molecule is CC#COC(C)(C)CCCC(C)C/C=C/C(C)=C/C(=O)OCC. The first-order valence-corrected chi connectivity index (χ1v) is 8.42. The first kappa shape index (κ1) is 21.3. The molecule has 3 heteroatoms. The molecule has 0 spiro atoms. The van der Waals surface area contributed by atoms with E-state index in [-0.39, 0.29) is 11.6 Å². The highest BCUT2D eigenvalue weighted by molar-refractivity contribution is 5.83. The van der Waals surface area contributed by atoms with Crippen molar-refractivity contribution in [3.05, 3.63) is 23.8 Å². The average molecular weight is 320 g/mol. The first-order chi connectivity index (χ1) is 10.8. The lowest BCUT2D eigenvalue weighted by atomic mass is 9.95. The number of rotatable bonds is 10. The van der Waals surface area contributed by atoms with Crippen molar-refractivity contribution in [1.82, 2.24) is 0 Å². The molecule has 0 aromatic heterocycles. The van der Waals surface area contributed by atoms with Crippen LogP contribution in [0.25, 0.3) is 0 Å². The van der Waals surface area contributed by atoms with Crippen LogP contribution in [0, 0.1) is 17.9 Å². The van der Waals surface area contributed by atoms with E-state index in [1.54, 1.807) is 13.8 Å². The lowest BCUT2D eigenvalue weighted by molar-refractivity contribution is -0.137. The molecule has 130 valence electrons. The zero-order valence-electron chi connectivity index (χ0n) is 15.6. The predicted molar refractivity (Wildman–Crippen MR) is 95.8 cm³/mol. The summed E-state index contributed by atoms with van der Waals surface area (Å²) in [5.74, 6) is 3.09. The minimum atomic E-state index is -0.278. The number of allylic oxidation sites excluding steroid dienone is 3. The van der Waals surface area contributed by atoms with Crippen molar-refractivity contribution in [3.63, 3.8) is 0 Å². The Morgan fingerprint density at radius 1 is 1.35 bits per heavy atom. The molecule has 0 aliphatic carbocycles. The predicted octanol–water partition coefficient (Wildman–Crippen LogP) is 5.02. The van der Waals surface area contributed by atoms with Crippen molar-refractivity contribution < 1.29 is 14.3 Å². The molecule has 3 nitrogen and oxygen atoms in total. The van der Waals surface area contributed by atoms with E-state index in [0.717, 1.165) is 31.3 Å². The third-order valence-corrected chi connectivity index (χ3v) is 3.46. The highest BCUT2D eigenvalue weighted by Gasteiger charge is 2.18. The largest absolute Gasteiger partial charge is 0.463 e. The third kappa shape index (κ3) is 12.5. The van der Waals surface area contributed by atoms with Crippen molar-refractivity contribution in [1.29, 1.82) is 0 Å². The number of esters is 1. The molecule has 0 aromatic rings. The summed E-state index contributed by atoms with van der Waals surface area (Å²) in [5, 5.41) is 0. The maximum atomic E-state index is 11.3. The molecule has 0 aliphatic rings. The van der Waals surface area contributed by atoms with Crippen LogP contribution in [0.3, 0.4) is 0 Å². The summed E-state index contributed by atoms with van der Waals surface area (Å²) >= 11 is 0. The summed E-state index contributed by atoms with van der Waals surface area (Å²) in [5.41, 5.74) is 0.737. The summed E-state index contributed by atoms with van der Waals surface area (Å²) in [6.45, 7) is 12.3. The highest BCUT2D eigenvalue weighted by atomic mass is 16.5. The molecule has 0 saturated heterocycles. The molecule has 0 radical (unpaired) electrons. The minimum Gasteiger partial charge on any atom is -0.463 e. The van der Waals surface area contributed by atoms with Gasteiger partial charge < -0.3 is 9.47 Å². The number of carbonyl (C=O) groups excluding carboxylic acids is 1. The van der Waals surface area contributed by atoms with Crippen molar-refractivity contribution in [2.24, 2.45) is 5.92 Å². The summed E-state index contributed by atoms with van der Waals surface area (Å²) in [6.07, 6.45) is 12.6. The fraction of sp³-hybridized carbons (Fsp3) is 0.650. The summed E-state index contributed by atoms with van der Waals surface area (Å²) in [7, 11) is 0. The Kier molecular flexibility index (Phi) is 11.0. The number of ether oxygens (including phenoxy) is 2. The fourth-order valence-electron chi connectivity index (χ4n) is 2.14.